The Kier molecular flexibility index (Phi) is 16.4. The maximum atomic E-state index is 14.4. The summed E-state index contributed by atoms with van der Waals surface area (Å²) in [6.07, 6.45) is -1.74. The van der Waals surface area contributed by atoms with Crippen LogP contribution in [-0.4, -0.2) is 140 Å². The average Bonchev–Trinajstić information content (AvgIpc) is 4.11. The smallest absolute Gasteiger partial charge is 0.417 e. The molecule has 408 valence electrons. The normalized spacial score (nSPS) is 23.2. The van der Waals surface area contributed by atoms with E-state index in [1.165, 1.54) is 16.5 Å². The Balaban J connectivity index is 0.775. The molecular formula is C57H72F3N9O7. The van der Waals surface area contributed by atoms with Gasteiger partial charge in [0.2, 0.25) is 11.8 Å². The number of aliphatic imine (C=N–C) groups is 1. The molecule has 8 rings (SSSR count). The van der Waals surface area contributed by atoms with Crippen LogP contribution < -0.4 is 25.6 Å². The molecule has 0 unspecified atom stereocenters. The first-order valence-corrected chi connectivity index (χ1v) is 26.1. The van der Waals surface area contributed by atoms with E-state index in [4.69, 9.17) is 14.2 Å². The van der Waals surface area contributed by atoms with Gasteiger partial charge in [-0.25, -0.2) is 4.98 Å². The fourth-order valence-electron chi connectivity index (χ4n) is 11.6. The van der Waals surface area contributed by atoms with Crippen LogP contribution in [0.2, 0.25) is 0 Å². The number of ether oxygens (including phenoxy) is 3. The first-order chi connectivity index (χ1) is 35.9. The number of hydrogen-bond acceptors (Lipinski definition) is 13. The predicted molar refractivity (Wildman–Crippen MR) is 282 cm³/mol. The third-order valence-electron chi connectivity index (χ3n) is 15.7. The van der Waals surface area contributed by atoms with Crippen molar-refractivity contribution in [2.24, 2.45) is 27.2 Å². The number of rotatable bonds is 18. The Morgan fingerprint density at radius 2 is 1.68 bits per heavy atom. The maximum Gasteiger partial charge on any atom is 0.417 e. The highest BCUT2D eigenvalue weighted by molar-refractivity contribution is 5.94. The van der Waals surface area contributed by atoms with Crippen molar-refractivity contribution in [3.8, 4) is 11.8 Å². The number of aliphatic hydroxyl groups is 1. The number of anilines is 1. The third-order valence-corrected chi connectivity index (χ3v) is 15.7. The van der Waals surface area contributed by atoms with Crippen molar-refractivity contribution in [1.82, 2.24) is 30.7 Å². The van der Waals surface area contributed by atoms with Gasteiger partial charge in [-0.05, 0) is 59.4 Å². The number of halogens is 3. The number of amides is 3. The fraction of sp³-hybridized carbons (Fsp3) is 0.544. The summed E-state index contributed by atoms with van der Waals surface area (Å²) in [7, 11) is 0. The van der Waals surface area contributed by atoms with Crippen molar-refractivity contribution in [2.75, 3.05) is 70.6 Å². The lowest BCUT2D eigenvalue weighted by molar-refractivity contribution is -0.164. The lowest BCUT2D eigenvalue weighted by Gasteiger charge is -2.63. The van der Waals surface area contributed by atoms with Crippen LogP contribution in [0.25, 0.3) is 5.57 Å². The molecule has 4 atom stereocenters. The molecule has 4 fully saturated rings. The molecule has 76 heavy (non-hydrogen) atoms. The molecular weight excluding hydrogens is 980 g/mol. The van der Waals surface area contributed by atoms with E-state index in [0.717, 1.165) is 54.3 Å². The number of β-amino-alcohol motifs (C(OH)–C–C–N with tert-alkyl or cyclic N) is 1. The molecule has 4 aliphatic heterocycles. The zero-order chi connectivity index (χ0) is 54.9. The van der Waals surface area contributed by atoms with Crippen LogP contribution in [0.5, 0.6) is 5.75 Å². The van der Waals surface area contributed by atoms with Crippen molar-refractivity contribution in [2.45, 2.75) is 111 Å². The number of alkyl halides is 3. The van der Waals surface area contributed by atoms with Gasteiger partial charge in [-0.3, -0.25) is 24.3 Å². The monoisotopic (exact) mass is 1050 g/mol. The highest BCUT2D eigenvalue weighted by Gasteiger charge is 2.64. The van der Waals surface area contributed by atoms with Crippen LogP contribution in [-0.2, 0) is 25.2 Å². The molecule has 3 aromatic rings. The molecule has 16 nitrogen and oxygen atoms in total. The largest absolute Gasteiger partial charge is 0.489 e. The van der Waals surface area contributed by atoms with E-state index in [9.17, 15) is 37.9 Å². The molecule has 0 spiro atoms. The van der Waals surface area contributed by atoms with E-state index in [0.29, 0.717) is 50.7 Å². The van der Waals surface area contributed by atoms with E-state index < -0.39 is 57.8 Å². The van der Waals surface area contributed by atoms with Crippen LogP contribution in [0.15, 0.2) is 83.8 Å². The maximum absolute atomic E-state index is 14.4. The van der Waals surface area contributed by atoms with E-state index in [1.54, 1.807) is 18.3 Å². The second kappa shape index (κ2) is 22.3. The minimum Gasteiger partial charge on any atom is -0.489 e. The van der Waals surface area contributed by atoms with Gasteiger partial charge < -0.3 is 45.1 Å². The molecule has 2 aromatic carbocycles. The first-order valence-electron chi connectivity index (χ1n) is 26.1. The topological polar surface area (TPSA) is 194 Å². The molecule has 3 amide bonds. The second-order valence-electron chi connectivity index (χ2n) is 23.1. The van der Waals surface area contributed by atoms with Crippen LogP contribution in [0.4, 0.5) is 19.0 Å². The highest BCUT2D eigenvalue weighted by Crippen LogP contribution is 2.56. The molecule has 1 aliphatic carbocycles. The number of benzene rings is 2. The summed E-state index contributed by atoms with van der Waals surface area (Å²) < 4.78 is 58.7. The number of aliphatic hydroxyl groups excluding tert-OH is 1. The summed E-state index contributed by atoms with van der Waals surface area (Å²) in [6, 6.07) is 14.3. The van der Waals surface area contributed by atoms with Crippen LogP contribution in [0.3, 0.4) is 0 Å². The van der Waals surface area contributed by atoms with Gasteiger partial charge in [0.25, 0.3) is 5.91 Å². The van der Waals surface area contributed by atoms with Crippen LogP contribution in [0.1, 0.15) is 107 Å². The number of nitrogens with zero attached hydrogens (tertiary/aromatic N) is 6. The third kappa shape index (κ3) is 12.1. The number of pyridine rings is 1. The average molecular weight is 1050 g/mol. The Labute approximate surface area is 443 Å². The lowest BCUT2D eigenvalue weighted by Crippen LogP contribution is -2.74. The van der Waals surface area contributed by atoms with Crippen molar-refractivity contribution < 1.29 is 46.9 Å². The predicted octanol–water partition coefficient (Wildman–Crippen LogP) is 6.91. The van der Waals surface area contributed by atoms with E-state index in [1.807, 2.05) is 79.8 Å². The molecule has 1 aromatic heterocycles. The minimum absolute atomic E-state index is 0.000896. The minimum atomic E-state index is -4.71. The number of carbonyl (C=O) groups excluding carboxylic acids is 3. The van der Waals surface area contributed by atoms with Gasteiger partial charge in [0.05, 0.1) is 61.3 Å². The van der Waals surface area contributed by atoms with Crippen molar-refractivity contribution in [1.29, 1.82) is 5.26 Å². The Hall–Kier alpha value is -6.33. The summed E-state index contributed by atoms with van der Waals surface area (Å²) in [4.78, 5) is 57.1. The van der Waals surface area contributed by atoms with E-state index in [-0.39, 0.29) is 61.0 Å². The van der Waals surface area contributed by atoms with Crippen molar-refractivity contribution >= 4 is 35.3 Å². The lowest BCUT2D eigenvalue weighted by atomic mass is 9.49. The SMILES string of the molecule is C=C(COCCN1CCN(c2ccc(C(=O)NC3C(C)(C)C(Oc4ccc(C#N)c(C(F)(F)F)c4)C3(C)C)cn2)CC1)N[C@H](C(=O)N1C[C@H](O)C[C@H]1C(=O)N[C@H](c1ccc(C2=C(C)N=CC2)cc1)C1COC1)C(C)(C)C. The number of nitriles is 1. The Morgan fingerprint density at radius 1 is 0.987 bits per heavy atom. The molecule has 5 heterocycles. The summed E-state index contributed by atoms with van der Waals surface area (Å²) in [5, 5.41) is 29.7. The van der Waals surface area contributed by atoms with Gasteiger partial charge >= 0.3 is 6.18 Å². The van der Waals surface area contributed by atoms with Crippen LogP contribution >= 0.6 is 0 Å². The van der Waals surface area contributed by atoms with Gasteiger partial charge in [0, 0.05) is 98.7 Å². The Bertz CT molecular complexity index is 2720. The highest BCUT2D eigenvalue weighted by atomic mass is 19.4. The summed E-state index contributed by atoms with van der Waals surface area (Å²) >= 11 is 0. The summed E-state index contributed by atoms with van der Waals surface area (Å²) in [6.45, 7) is 24.9. The fourth-order valence-corrected chi connectivity index (χ4v) is 11.6. The number of likely N-dealkylation sites (tertiary alicyclic amines) is 1. The molecule has 0 radical (unpaired) electrons. The number of hydrogen-bond donors (Lipinski definition) is 4. The summed E-state index contributed by atoms with van der Waals surface area (Å²) in [5.74, 6) is -0.129. The Morgan fingerprint density at radius 3 is 2.26 bits per heavy atom. The molecule has 1 saturated carbocycles. The van der Waals surface area contributed by atoms with Gasteiger partial charge in [0.15, 0.2) is 0 Å². The van der Waals surface area contributed by atoms with Gasteiger partial charge in [-0.1, -0.05) is 79.3 Å². The van der Waals surface area contributed by atoms with Crippen LogP contribution in [0, 0.1) is 33.5 Å². The van der Waals surface area contributed by atoms with Gasteiger partial charge in [0.1, 0.15) is 29.8 Å². The number of aromatic nitrogens is 1. The van der Waals surface area contributed by atoms with E-state index in [2.05, 4.69) is 54.4 Å². The molecule has 19 heteroatoms. The quantitative estimate of drug-likeness (QED) is 0.0964. The van der Waals surface area contributed by atoms with E-state index >= 15 is 0 Å². The zero-order valence-corrected chi connectivity index (χ0v) is 44.8. The summed E-state index contributed by atoms with van der Waals surface area (Å²) in [5.41, 5.74) is 1.70. The number of allylic oxidation sites excluding steroid dienone is 2. The first kappa shape index (κ1) is 55.9. The molecule has 5 aliphatic rings. The molecule has 4 N–H and O–H groups in total. The standard InChI is InChI=1S/C57H72F3N9O7/c1-34(64-48(54(3,4)5)51(73)69-30-41(70)26-45(69)50(72)65-47(40-32-75-33-40)37-12-10-36(11-13-37)43-18-19-62-35(43)2)31-74-25-24-67-20-22-68(23-21-67)46-17-15-39(29-63-46)49(71)66-52-55(6,7)53(56(52,8)9)76-42-16-14-38(28-61)44(27-42)57(58,59)60/h10-17,19,27,29,40-41,45,47-48,52-53,64,70H,1,18,20-26,30-33H2,2-9H3,(H,65,72)(H,66,71)/t41-,45+,47-,48-,52?,53?/m1/s1. The van der Waals surface area contributed by atoms with Gasteiger partial charge in [-0.15, -0.1) is 0 Å². The van der Waals surface area contributed by atoms with Crippen molar-refractivity contribution in [3.63, 3.8) is 0 Å². The molecule has 3 saturated heterocycles. The number of carbonyl (C=O) groups is 3. The van der Waals surface area contributed by atoms with Gasteiger partial charge in [-0.2, -0.15) is 18.4 Å². The zero-order valence-electron chi connectivity index (χ0n) is 44.8. The molecule has 0 bridgehead atoms. The number of piperazine rings is 1. The number of nitrogens with one attached hydrogen (secondary N) is 3. The van der Waals surface area contributed by atoms with Crippen molar-refractivity contribution in [3.05, 3.63) is 107 Å². The second-order valence-corrected chi connectivity index (χ2v) is 23.1.